The molecule has 2 aromatic carbocycles. The first-order valence-electron chi connectivity index (χ1n) is 9.08. The van der Waals surface area contributed by atoms with E-state index in [9.17, 15) is 13.2 Å². The number of halogens is 3. The van der Waals surface area contributed by atoms with Gasteiger partial charge >= 0.3 is 6.18 Å². The second-order valence-corrected chi connectivity index (χ2v) is 7.73. The molecule has 2 aromatic heterocycles. The van der Waals surface area contributed by atoms with Gasteiger partial charge in [-0.2, -0.15) is 13.2 Å². The van der Waals surface area contributed by atoms with Crippen molar-refractivity contribution < 1.29 is 13.2 Å². The largest absolute Gasteiger partial charge is 0.416 e. The molecule has 2 heterocycles. The Labute approximate surface area is 174 Å². The van der Waals surface area contributed by atoms with Gasteiger partial charge in [-0.25, -0.2) is 9.97 Å². The summed E-state index contributed by atoms with van der Waals surface area (Å²) in [5.41, 5.74) is 7.96. The summed E-state index contributed by atoms with van der Waals surface area (Å²) in [6.45, 7) is 0.418. The molecule has 154 valence electrons. The zero-order valence-electron chi connectivity index (χ0n) is 15.6. The number of alkyl halides is 3. The van der Waals surface area contributed by atoms with Gasteiger partial charge in [-0.3, -0.25) is 0 Å². The van der Waals surface area contributed by atoms with Crippen LogP contribution in [0, 0.1) is 0 Å². The molecule has 4 rings (SSSR count). The van der Waals surface area contributed by atoms with E-state index in [1.54, 1.807) is 6.20 Å². The number of fused-ring (bicyclic) bond motifs is 1. The average Bonchev–Trinajstić information content (AvgIpc) is 3.21. The highest BCUT2D eigenvalue weighted by Crippen LogP contribution is 2.30. The molecule has 10 heteroatoms. The second kappa shape index (κ2) is 8.33. The summed E-state index contributed by atoms with van der Waals surface area (Å²) in [6.07, 6.45) is -0.646. The molecule has 0 aliphatic heterocycles. The van der Waals surface area contributed by atoms with Crippen molar-refractivity contribution in [1.82, 2.24) is 20.2 Å². The summed E-state index contributed by atoms with van der Waals surface area (Å²) >= 11 is 1.39. The highest BCUT2D eigenvalue weighted by Gasteiger charge is 2.29. The van der Waals surface area contributed by atoms with Crippen LogP contribution < -0.4 is 11.1 Å². The smallest absolute Gasteiger partial charge is 0.359 e. The second-order valence-electron chi connectivity index (χ2n) is 6.75. The molecule has 0 aliphatic rings. The predicted molar refractivity (Wildman–Crippen MR) is 110 cm³/mol. The Balaban J connectivity index is 1.35. The fourth-order valence-corrected chi connectivity index (χ4v) is 3.70. The van der Waals surface area contributed by atoms with Gasteiger partial charge in [-0.1, -0.05) is 23.5 Å². The molecule has 0 amide bonds. The molecule has 0 aliphatic carbocycles. The van der Waals surface area contributed by atoms with Gasteiger partial charge in [0, 0.05) is 29.7 Å². The third-order valence-electron chi connectivity index (χ3n) is 4.47. The van der Waals surface area contributed by atoms with Crippen LogP contribution in [0.25, 0.3) is 21.5 Å². The lowest BCUT2D eigenvalue weighted by Gasteiger charge is -2.13. The average molecular weight is 430 g/mol. The molecule has 0 saturated heterocycles. The van der Waals surface area contributed by atoms with E-state index in [1.165, 1.54) is 29.8 Å². The Morgan fingerprint density at radius 3 is 2.63 bits per heavy atom. The van der Waals surface area contributed by atoms with Gasteiger partial charge in [-0.05, 0) is 42.3 Å². The first-order chi connectivity index (χ1) is 14.4. The molecule has 0 spiro atoms. The molecule has 0 fully saturated rings. The lowest BCUT2D eigenvalue weighted by atomic mass is 10.0. The first-order valence-corrected chi connectivity index (χ1v) is 9.89. The standard InChI is InChI=1S/C20H17F3N6S/c21-20(22,23)15-4-1-12(2-5-15)7-16(24)10-26-19-29-28-18(30-19)13-3-6-17-14(8-13)9-25-11-27-17/h1-6,8-9,11,16H,7,10,24H2,(H,26,29)/t16-/m0/s1. The number of hydrogen-bond acceptors (Lipinski definition) is 7. The summed E-state index contributed by atoms with van der Waals surface area (Å²) < 4.78 is 37.9. The van der Waals surface area contributed by atoms with Crippen LogP contribution in [-0.2, 0) is 12.6 Å². The topological polar surface area (TPSA) is 89.6 Å². The summed E-state index contributed by atoms with van der Waals surface area (Å²) in [7, 11) is 0. The number of nitrogens with two attached hydrogens (primary N) is 1. The summed E-state index contributed by atoms with van der Waals surface area (Å²) in [6, 6.07) is 10.5. The number of benzene rings is 2. The maximum Gasteiger partial charge on any atom is 0.416 e. The van der Waals surface area contributed by atoms with Crippen LogP contribution in [0.2, 0.25) is 0 Å². The number of rotatable bonds is 6. The predicted octanol–water partition coefficient (Wildman–Crippen LogP) is 4.15. The van der Waals surface area contributed by atoms with Gasteiger partial charge in [0.05, 0.1) is 11.1 Å². The van der Waals surface area contributed by atoms with Crippen molar-refractivity contribution in [2.75, 3.05) is 11.9 Å². The molecule has 6 nitrogen and oxygen atoms in total. The van der Waals surface area contributed by atoms with Gasteiger partial charge in [0.25, 0.3) is 0 Å². The van der Waals surface area contributed by atoms with Gasteiger partial charge in [0.15, 0.2) is 0 Å². The third-order valence-corrected chi connectivity index (χ3v) is 5.40. The molecule has 0 unspecified atom stereocenters. The fraction of sp³-hybridized carbons (Fsp3) is 0.200. The molecule has 0 bridgehead atoms. The normalized spacial score (nSPS) is 12.8. The molecule has 0 saturated carbocycles. The Hall–Kier alpha value is -3.11. The van der Waals surface area contributed by atoms with Crippen LogP contribution in [0.15, 0.2) is 55.0 Å². The van der Waals surface area contributed by atoms with Gasteiger partial charge in [0.1, 0.15) is 11.3 Å². The van der Waals surface area contributed by atoms with Crippen LogP contribution in [0.1, 0.15) is 11.1 Å². The summed E-state index contributed by atoms with van der Waals surface area (Å²) in [5.74, 6) is 0. The van der Waals surface area contributed by atoms with E-state index >= 15 is 0 Å². The summed E-state index contributed by atoms with van der Waals surface area (Å²) in [4.78, 5) is 8.22. The maximum absolute atomic E-state index is 12.6. The van der Waals surface area contributed by atoms with Gasteiger partial charge in [-0.15, -0.1) is 10.2 Å². The number of aromatic nitrogens is 4. The van der Waals surface area contributed by atoms with E-state index in [0.29, 0.717) is 18.1 Å². The molecule has 3 N–H and O–H groups in total. The van der Waals surface area contributed by atoms with Crippen molar-refractivity contribution in [1.29, 1.82) is 0 Å². The Morgan fingerprint density at radius 1 is 1.07 bits per heavy atom. The fourth-order valence-electron chi connectivity index (χ4n) is 2.95. The molecule has 4 aromatic rings. The third kappa shape index (κ3) is 4.71. The lowest BCUT2D eigenvalue weighted by molar-refractivity contribution is -0.137. The van der Waals surface area contributed by atoms with Crippen LogP contribution in [0.3, 0.4) is 0 Å². The van der Waals surface area contributed by atoms with E-state index in [-0.39, 0.29) is 6.04 Å². The minimum atomic E-state index is -4.34. The quantitative estimate of drug-likeness (QED) is 0.478. The van der Waals surface area contributed by atoms with Crippen molar-refractivity contribution in [2.45, 2.75) is 18.6 Å². The minimum Gasteiger partial charge on any atom is -0.359 e. The lowest BCUT2D eigenvalue weighted by Crippen LogP contribution is -2.31. The zero-order chi connectivity index (χ0) is 21.1. The van der Waals surface area contributed by atoms with Gasteiger partial charge in [0.2, 0.25) is 5.13 Å². The Morgan fingerprint density at radius 2 is 1.87 bits per heavy atom. The van der Waals surface area contributed by atoms with Crippen LogP contribution in [0.5, 0.6) is 0 Å². The molecule has 0 radical (unpaired) electrons. The monoisotopic (exact) mass is 430 g/mol. The number of hydrogen-bond donors (Lipinski definition) is 2. The number of nitrogens with zero attached hydrogens (tertiary/aromatic N) is 4. The molecular weight excluding hydrogens is 413 g/mol. The van der Waals surface area contributed by atoms with E-state index in [0.717, 1.165) is 39.2 Å². The Kier molecular flexibility index (Phi) is 5.60. The van der Waals surface area contributed by atoms with Crippen molar-refractivity contribution in [3.05, 3.63) is 66.1 Å². The summed E-state index contributed by atoms with van der Waals surface area (Å²) in [5, 5.41) is 13.8. The Bertz CT molecular complexity index is 1140. The maximum atomic E-state index is 12.6. The van der Waals surface area contributed by atoms with E-state index in [4.69, 9.17) is 5.73 Å². The highest BCUT2D eigenvalue weighted by atomic mass is 32.1. The van der Waals surface area contributed by atoms with Crippen molar-refractivity contribution >= 4 is 27.4 Å². The van der Waals surface area contributed by atoms with Crippen molar-refractivity contribution in [3.63, 3.8) is 0 Å². The van der Waals surface area contributed by atoms with Crippen LogP contribution >= 0.6 is 11.3 Å². The molecule has 30 heavy (non-hydrogen) atoms. The van der Waals surface area contributed by atoms with E-state index in [2.05, 4.69) is 25.5 Å². The number of anilines is 1. The van der Waals surface area contributed by atoms with Gasteiger partial charge < -0.3 is 11.1 Å². The van der Waals surface area contributed by atoms with Crippen LogP contribution in [-0.4, -0.2) is 32.8 Å². The zero-order valence-corrected chi connectivity index (χ0v) is 16.4. The van der Waals surface area contributed by atoms with Crippen molar-refractivity contribution in [2.24, 2.45) is 5.73 Å². The number of nitrogens with one attached hydrogen (secondary N) is 1. The van der Waals surface area contributed by atoms with Crippen molar-refractivity contribution in [3.8, 4) is 10.6 Å². The van der Waals surface area contributed by atoms with Crippen LogP contribution in [0.4, 0.5) is 18.3 Å². The first kappa shape index (κ1) is 20.2. The molecular formula is C20H17F3N6S. The minimum absolute atomic E-state index is 0.285. The molecule has 1 atom stereocenters. The van der Waals surface area contributed by atoms with E-state index in [1.807, 2.05) is 18.2 Å². The van der Waals surface area contributed by atoms with E-state index < -0.39 is 11.7 Å². The highest BCUT2D eigenvalue weighted by molar-refractivity contribution is 7.18. The SMILES string of the molecule is N[C@H](CNc1nnc(-c2ccc3ncncc3c2)s1)Cc1ccc(C(F)(F)F)cc1.